The first-order chi connectivity index (χ1) is 20.0. The summed E-state index contributed by atoms with van der Waals surface area (Å²) in [5, 5.41) is 36.9. The minimum absolute atomic E-state index is 0.0344. The first-order valence-electron chi connectivity index (χ1n) is 13.8. The number of aromatic nitrogens is 4. The SMILES string of the molecule is NC(C(=O)Nc1nc(Cl)nc2c1ncn2[C@@H]1O[C@H](CNP(=O)(O)CP(=O)(O)O)C(O)C1O)C12CC3C[C@@H](CC(O)(C3)C1)C2. The summed E-state index contributed by atoms with van der Waals surface area (Å²) in [6, 6.07) is -0.924. The second kappa shape index (κ2) is 10.7. The third-order valence-corrected chi connectivity index (χ3v) is 13.0. The molecule has 3 heterocycles. The zero-order valence-electron chi connectivity index (χ0n) is 22.7. The minimum Gasteiger partial charge on any atom is -0.390 e. The van der Waals surface area contributed by atoms with Gasteiger partial charge in [0.2, 0.25) is 11.2 Å². The monoisotopic (exact) mass is 665 g/mol. The normalized spacial score (nSPS) is 37.5. The molecule has 7 rings (SSSR count). The van der Waals surface area contributed by atoms with Crippen LogP contribution in [0.4, 0.5) is 5.82 Å². The molecule has 17 nitrogen and oxygen atoms in total. The zero-order chi connectivity index (χ0) is 31.1. The van der Waals surface area contributed by atoms with Gasteiger partial charge in [-0.3, -0.25) is 18.5 Å². The number of nitrogens with two attached hydrogens (primary N) is 1. The van der Waals surface area contributed by atoms with Crippen LogP contribution in [-0.4, -0.2) is 97.8 Å². The number of ether oxygens (including phenoxy) is 1. The second-order valence-electron chi connectivity index (χ2n) is 12.6. The van der Waals surface area contributed by atoms with Gasteiger partial charge in [0, 0.05) is 6.54 Å². The van der Waals surface area contributed by atoms with Gasteiger partial charge < -0.3 is 45.8 Å². The van der Waals surface area contributed by atoms with Crippen LogP contribution in [0.5, 0.6) is 0 Å². The summed E-state index contributed by atoms with van der Waals surface area (Å²) in [6.07, 6.45) is -0.0387. The van der Waals surface area contributed by atoms with E-state index < -0.39 is 75.1 Å². The Bertz CT molecular complexity index is 1530. The van der Waals surface area contributed by atoms with Crippen LogP contribution in [0.25, 0.3) is 11.2 Å². The maximum Gasteiger partial charge on any atom is 0.336 e. The Morgan fingerprint density at radius 1 is 1.16 bits per heavy atom. The van der Waals surface area contributed by atoms with Gasteiger partial charge in [-0.1, -0.05) is 0 Å². The molecule has 1 amide bonds. The number of nitrogens with zero attached hydrogens (tertiary/aromatic N) is 4. The molecular weight excluding hydrogens is 632 g/mol. The Labute approximate surface area is 249 Å². The van der Waals surface area contributed by atoms with Crippen LogP contribution < -0.4 is 16.1 Å². The lowest BCUT2D eigenvalue weighted by Gasteiger charge is -2.61. The topological polar surface area (TPSA) is 275 Å². The number of imidazole rings is 1. The smallest absolute Gasteiger partial charge is 0.336 e. The largest absolute Gasteiger partial charge is 0.390 e. The molecule has 43 heavy (non-hydrogen) atoms. The van der Waals surface area contributed by atoms with Gasteiger partial charge in [0.25, 0.3) is 7.52 Å². The zero-order valence-corrected chi connectivity index (χ0v) is 25.3. The van der Waals surface area contributed by atoms with Crippen molar-refractivity contribution in [3.8, 4) is 0 Å². The maximum absolute atomic E-state index is 13.5. The van der Waals surface area contributed by atoms with Crippen molar-refractivity contribution in [1.82, 2.24) is 24.6 Å². The summed E-state index contributed by atoms with van der Waals surface area (Å²) in [5.74, 6) is -1.23. The Kier molecular flexibility index (Phi) is 7.85. The first-order valence-corrected chi connectivity index (χ1v) is 17.8. The van der Waals surface area contributed by atoms with E-state index in [-0.39, 0.29) is 22.3 Å². The fourth-order valence-corrected chi connectivity index (χ4v) is 11.0. The fraction of sp³-hybridized carbons (Fsp3) is 0.739. The van der Waals surface area contributed by atoms with Crippen LogP contribution in [-0.2, 0) is 18.7 Å². The number of nitrogens with one attached hydrogen (secondary N) is 2. The molecule has 5 fully saturated rings. The molecule has 0 aromatic carbocycles. The highest BCUT2D eigenvalue weighted by Crippen LogP contribution is 2.62. The highest BCUT2D eigenvalue weighted by atomic mass is 35.5. The van der Waals surface area contributed by atoms with Crippen molar-refractivity contribution in [1.29, 1.82) is 0 Å². The molecule has 20 heteroatoms. The third-order valence-electron chi connectivity index (χ3n) is 9.18. The van der Waals surface area contributed by atoms with Crippen LogP contribution >= 0.6 is 26.7 Å². The van der Waals surface area contributed by atoms with Gasteiger partial charge in [0.15, 0.2) is 23.2 Å². The predicted molar refractivity (Wildman–Crippen MR) is 150 cm³/mol. The van der Waals surface area contributed by atoms with Crippen molar-refractivity contribution in [2.24, 2.45) is 23.0 Å². The van der Waals surface area contributed by atoms with E-state index in [1.807, 2.05) is 0 Å². The number of hydrogen-bond donors (Lipinski definition) is 9. The summed E-state index contributed by atoms with van der Waals surface area (Å²) in [4.78, 5) is 53.8. The molecule has 7 unspecified atom stereocenters. The number of aliphatic hydroxyl groups excluding tert-OH is 2. The van der Waals surface area contributed by atoms with E-state index in [0.717, 1.165) is 32.1 Å². The van der Waals surface area contributed by atoms with Crippen molar-refractivity contribution in [2.45, 2.75) is 74.7 Å². The van der Waals surface area contributed by atoms with Gasteiger partial charge >= 0.3 is 7.60 Å². The number of rotatable bonds is 9. The van der Waals surface area contributed by atoms with Crippen molar-refractivity contribution in [3.05, 3.63) is 11.6 Å². The number of anilines is 1. The lowest BCUT2D eigenvalue weighted by atomic mass is 9.46. The molecule has 10 N–H and O–H groups in total. The van der Waals surface area contributed by atoms with E-state index >= 15 is 0 Å². The van der Waals surface area contributed by atoms with E-state index in [4.69, 9.17) is 31.9 Å². The van der Waals surface area contributed by atoms with E-state index in [2.05, 4.69) is 25.4 Å². The van der Waals surface area contributed by atoms with Crippen LogP contribution in [0.1, 0.15) is 44.8 Å². The van der Waals surface area contributed by atoms with Crippen LogP contribution in [0.3, 0.4) is 0 Å². The summed E-state index contributed by atoms with van der Waals surface area (Å²) in [5.41, 5.74) is 5.33. The van der Waals surface area contributed by atoms with Gasteiger partial charge in [-0.05, 0) is 67.4 Å². The van der Waals surface area contributed by atoms with E-state index in [1.165, 1.54) is 10.9 Å². The molecule has 10 atom stereocenters. The molecule has 238 valence electrons. The molecule has 0 radical (unpaired) electrons. The quantitative estimate of drug-likeness (QED) is 0.122. The average Bonchev–Trinajstić information content (AvgIpc) is 3.40. The molecule has 1 saturated heterocycles. The number of aliphatic hydroxyl groups is 3. The van der Waals surface area contributed by atoms with Crippen LogP contribution in [0.2, 0.25) is 5.28 Å². The van der Waals surface area contributed by atoms with Gasteiger partial charge in [0.05, 0.1) is 18.0 Å². The summed E-state index contributed by atoms with van der Waals surface area (Å²) in [6.45, 7) is -0.525. The highest BCUT2D eigenvalue weighted by Gasteiger charge is 2.60. The molecule has 4 aliphatic carbocycles. The lowest BCUT2D eigenvalue weighted by molar-refractivity contribution is -0.172. The van der Waals surface area contributed by atoms with Crippen LogP contribution in [0.15, 0.2) is 6.33 Å². The molecule has 5 aliphatic rings. The molecule has 1 aliphatic heterocycles. The van der Waals surface area contributed by atoms with Crippen molar-refractivity contribution < 1.29 is 48.7 Å². The number of amides is 1. The third kappa shape index (κ3) is 6.03. The average molecular weight is 666 g/mol. The molecular formula is C23H34ClN7O10P2. The standard InChI is InChI=1S/C23H34ClN7O10P2/c24-21-29-17(28-19(34)16(25)22-2-10-1-11(3-22)5-23(35,4-10)7-22)13-18(30-21)31(8-26-13)20-15(33)14(32)12(41-20)6-27-42(36,37)9-43(38,39)40/h8,10-12,14-16,20,32-33,35H,1-7,9,25H2,(H2,27,36,37)(H2,38,39,40)(H,28,29,30,34)/t10-,11?,12-,14?,15?,16?,20-,22?,23?/m1/s1. The Morgan fingerprint density at radius 2 is 1.84 bits per heavy atom. The van der Waals surface area contributed by atoms with Gasteiger partial charge in [-0.25, -0.2) is 10.1 Å². The first kappa shape index (κ1) is 31.4. The van der Waals surface area contributed by atoms with Gasteiger partial charge in [-0.15, -0.1) is 0 Å². The van der Waals surface area contributed by atoms with E-state index in [1.54, 1.807) is 0 Å². The van der Waals surface area contributed by atoms with Gasteiger partial charge in [0.1, 0.15) is 24.2 Å². The number of carbonyl (C=O) groups excluding carboxylic acids is 1. The number of carbonyl (C=O) groups is 1. The number of halogens is 1. The minimum atomic E-state index is -4.82. The molecule has 2 aromatic rings. The Balaban J connectivity index is 1.20. The second-order valence-corrected chi connectivity index (χ2v) is 17.1. The lowest BCUT2D eigenvalue weighted by Crippen LogP contribution is -2.63. The summed E-state index contributed by atoms with van der Waals surface area (Å²) in [7, 11) is -9.31. The number of fused-ring (bicyclic) bond motifs is 1. The summed E-state index contributed by atoms with van der Waals surface area (Å²) < 4.78 is 30.2. The molecule has 4 bridgehead atoms. The summed E-state index contributed by atoms with van der Waals surface area (Å²) >= 11 is 6.18. The molecule has 2 aromatic heterocycles. The highest BCUT2D eigenvalue weighted by molar-refractivity contribution is 7.71. The van der Waals surface area contributed by atoms with Crippen molar-refractivity contribution >= 4 is 49.6 Å². The number of hydrogen-bond acceptors (Lipinski definition) is 11. The Morgan fingerprint density at radius 3 is 2.47 bits per heavy atom. The van der Waals surface area contributed by atoms with Crippen molar-refractivity contribution in [3.63, 3.8) is 0 Å². The predicted octanol–water partition coefficient (Wildman–Crippen LogP) is -0.394. The fourth-order valence-electron chi connectivity index (χ4n) is 7.94. The molecule has 4 saturated carbocycles. The maximum atomic E-state index is 13.5. The van der Waals surface area contributed by atoms with E-state index in [0.29, 0.717) is 18.3 Å². The van der Waals surface area contributed by atoms with Crippen LogP contribution in [0, 0.1) is 17.3 Å². The molecule has 0 spiro atoms. The van der Waals surface area contributed by atoms with E-state index in [9.17, 15) is 34.1 Å². The van der Waals surface area contributed by atoms with Gasteiger partial charge in [-0.2, -0.15) is 9.97 Å². The van der Waals surface area contributed by atoms with Crippen molar-refractivity contribution in [2.75, 3.05) is 17.8 Å². The Hall–Kier alpha value is -1.59.